The zero-order valence-corrected chi connectivity index (χ0v) is 14.8. The number of carbonyl (C=O) groups excluding carboxylic acids is 1. The number of fused-ring (bicyclic) bond motifs is 1. The Hall–Kier alpha value is -2.89. The fraction of sp³-hybridized carbons (Fsp3) is 0.350. The van der Waals surface area contributed by atoms with E-state index in [1.807, 2.05) is 59.0 Å². The van der Waals surface area contributed by atoms with Crippen molar-refractivity contribution in [2.24, 2.45) is 5.92 Å². The van der Waals surface area contributed by atoms with Crippen molar-refractivity contribution >= 4 is 16.8 Å². The van der Waals surface area contributed by atoms with Crippen LogP contribution in [0.3, 0.4) is 0 Å². The van der Waals surface area contributed by atoms with Gasteiger partial charge in [0.05, 0.1) is 12.3 Å². The summed E-state index contributed by atoms with van der Waals surface area (Å²) in [6, 6.07) is 13.9. The largest absolute Gasteiger partial charge is 0.476 e. The monoisotopic (exact) mass is 350 g/mol. The van der Waals surface area contributed by atoms with Crippen LogP contribution in [0.25, 0.3) is 10.9 Å². The number of likely N-dealkylation sites (tertiary alicyclic amines) is 1. The fourth-order valence-corrected chi connectivity index (χ4v) is 3.39. The summed E-state index contributed by atoms with van der Waals surface area (Å²) in [7, 11) is 0. The molecule has 26 heavy (non-hydrogen) atoms. The highest BCUT2D eigenvalue weighted by Gasteiger charge is 2.27. The maximum Gasteiger partial charge on any atom is 0.242 e. The molecule has 134 valence electrons. The van der Waals surface area contributed by atoms with E-state index < -0.39 is 0 Å². The van der Waals surface area contributed by atoms with Crippen LogP contribution in [0.4, 0.5) is 0 Å². The Kier molecular flexibility index (Phi) is 4.56. The second-order valence-electron chi connectivity index (χ2n) is 6.82. The second kappa shape index (κ2) is 7.15. The molecule has 1 atom stereocenters. The number of nitrogens with zero attached hydrogens (tertiary/aromatic N) is 4. The smallest absolute Gasteiger partial charge is 0.242 e. The van der Waals surface area contributed by atoms with Gasteiger partial charge in [-0.3, -0.25) is 4.79 Å². The second-order valence-corrected chi connectivity index (χ2v) is 6.82. The summed E-state index contributed by atoms with van der Waals surface area (Å²) < 4.78 is 7.74. The van der Waals surface area contributed by atoms with Crippen LogP contribution in [-0.4, -0.2) is 45.3 Å². The Morgan fingerprint density at radius 3 is 2.92 bits per heavy atom. The molecule has 1 unspecified atom stereocenters. The van der Waals surface area contributed by atoms with Gasteiger partial charge >= 0.3 is 0 Å². The Bertz CT molecular complexity index is 904. The standard InChI is InChI=1S/C20H22N4O2/c1-15-6-7-19(22-21-15)26-14-16-8-10-24(12-16)20(25)13-23-11-9-17-4-2-3-5-18(17)23/h2-7,9,11,16H,8,10,12-14H2,1H3. The van der Waals surface area contributed by atoms with E-state index in [9.17, 15) is 4.79 Å². The van der Waals surface area contributed by atoms with Crippen molar-refractivity contribution in [3.05, 3.63) is 54.4 Å². The number of benzene rings is 1. The highest BCUT2D eigenvalue weighted by molar-refractivity contribution is 5.83. The Morgan fingerprint density at radius 1 is 1.19 bits per heavy atom. The molecule has 0 spiro atoms. The number of amides is 1. The summed E-state index contributed by atoms with van der Waals surface area (Å²) >= 11 is 0. The summed E-state index contributed by atoms with van der Waals surface area (Å²) in [5.41, 5.74) is 1.96. The van der Waals surface area contributed by atoms with Crippen molar-refractivity contribution in [3.63, 3.8) is 0 Å². The molecule has 1 saturated heterocycles. The van der Waals surface area contributed by atoms with Crippen molar-refractivity contribution in [3.8, 4) is 5.88 Å². The third-order valence-corrected chi connectivity index (χ3v) is 4.86. The molecule has 0 aliphatic carbocycles. The average molecular weight is 350 g/mol. The molecule has 3 aromatic rings. The van der Waals surface area contributed by atoms with E-state index in [0.717, 1.165) is 36.1 Å². The van der Waals surface area contributed by atoms with Crippen LogP contribution in [0.5, 0.6) is 5.88 Å². The van der Waals surface area contributed by atoms with E-state index in [1.54, 1.807) is 0 Å². The van der Waals surface area contributed by atoms with Crippen LogP contribution >= 0.6 is 0 Å². The summed E-state index contributed by atoms with van der Waals surface area (Å²) in [4.78, 5) is 14.6. The minimum Gasteiger partial charge on any atom is -0.476 e. The van der Waals surface area contributed by atoms with Gasteiger partial charge in [-0.05, 0) is 36.9 Å². The van der Waals surface area contributed by atoms with Crippen LogP contribution in [0, 0.1) is 12.8 Å². The van der Waals surface area contributed by atoms with E-state index in [-0.39, 0.29) is 5.91 Å². The number of rotatable bonds is 5. The van der Waals surface area contributed by atoms with E-state index in [1.165, 1.54) is 0 Å². The van der Waals surface area contributed by atoms with E-state index in [0.29, 0.717) is 24.9 Å². The van der Waals surface area contributed by atoms with E-state index in [4.69, 9.17) is 4.74 Å². The minimum absolute atomic E-state index is 0.156. The topological polar surface area (TPSA) is 60.2 Å². The molecule has 1 aliphatic rings. The fourth-order valence-electron chi connectivity index (χ4n) is 3.39. The van der Waals surface area contributed by atoms with Gasteiger partial charge in [0.15, 0.2) is 0 Å². The van der Waals surface area contributed by atoms with E-state index >= 15 is 0 Å². The molecule has 1 aromatic carbocycles. The van der Waals surface area contributed by atoms with Crippen molar-refractivity contribution in [2.75, 3.05) is 19.7 Å². The molecule has 4 rings (SSSR count). The lowest BCUT2D eigenvalue weighted by atomic mass is 10.1. The first-order valence-corrected chi connectivity index (χ1v) is 8.94. The highest BCUT2D eigenvalue weighted by atomic mass is 16.5. The molecule has 1 aliphatic heterocycles. The molecular weight excluding hydrogens is 328 g/mol. The predicted molar refractivity (Wildman–Crippen MR) is 98.9 cm³/mol. The van der Waals surface area contributed by atoms with Crippen molar-refractivity contribution < 1.29 is 9.53 Å². The predicted octanol–water partition coefficient (Wildman–Crippen LogP) is 2.67. The molecule has 0 radical (unpaired) electrons. The van der Waals surface area contributed by atoms with Crippen molar-refractivity contribution in [1.29, 1.82) is 0 Å². The normalized spacial score (nSPS) is 17.0. The third-order valence-electron chi connectivity index (χ3n) is 4.86. The number of hydrogen-bond donors (Lipinski definition) is 0. The van der Waals surface area contributed by atoms with Gasteiger partial charge in [0.2, 0.25) is 11.8 Å². The van der Waals surface area contributed by atoms with Gasteiger partial charge in [0, 0.05) is 36.8 Å². The van der Waals surface area contributed by atoms with Crippen LogP contribution < -0.4 is 4.74 Å². The van der Waals surface area contributed by atoms with Crippen molar-refractivity contribution in [1.82, 2.24) is 19.7 Å². The van der Waals surface area contributed by atoms with Crippen LogP contribution in [-0.2, 0) is 11.3 Å². The van der Waals surface area contributed by atoms with Crippen LogP contribution in [0.2, 0.25) is 0 Å². The zero-order valence-electron chi connectivity index (χ0n) is 14.8. The Labute approximate surface area is 152 Å². The molecule has 1 amide bonds. The Balaban J connectivity index is 1.31. The summed E-state index contributed by atoms with van der Waals surface area (Å²) in [5, 5.41) is 9.17. The summed E-state index contributed by atoms with van der Waals surface area (Å²) in [6.07, 6.45) is 2.94. The first-order valence-electron chi connectivity index (χ1n) is 8.94. The lowest BCUT2D eigenvalue weighted by molar-refractivity contribution is -0.130. The number of hydrogen-bond acceptors (Lipinski definition) is 4. The minimum atomic E-state index is 0.156. The molecule has 6 nitrogen and oxygen atoms in total. The maximum absolute atomic E-state index is 12.7. The summed E-state index contributed by atoms with van der Waals surface area (Å²) in [6.45, 7) is 4.35. The van der Waals surface area contributed by atoms with Crippen LogP contribution in [0.1, 0.15) is 12.1 Å². The van der Waals surface area contributed by atoms with Gasteiger partial charge in [-0.15, -0.1) is 5.10 Å². The number of ether oxygens (including phenoxy) is 1. The van der Waals surface area contributed by atoms with Gasteiger partial charge in [-0.2, -0.15) is 5.10 Å². The SMILES string of the molecule is Cc1ccc(OCC2CCN(C(=O)Cn3ccc4ccccc43)C2)nn1. The van der Waals surface area contributed by atoms with Gasteiger partial charge < -0.3 is 14.2 Å². The first kappa shape index (κ1) is 16.6. The first-order chi connectivity index (χ1) is 12.7. The molecular formula is C20H22N4O2. The van der Waals surface area contributed by atoms with Crippen molar-refractivity contribution in [2.45, 2.75) is 19.9 Å². The number of para-hydroxylation sites is 1. The quantitative estimate of drug-likeness (QED) is 0.710. The molecule has 2 aromatic heterocycles. The van der Waals surface area contributed by atoms with E-state index in [2.05, 4.69) is 16.3 Å². The molecule has 6 heteroatoms. The molecule has 0 N–H and O–H groups in total. The molecule has 0 saturated carbocycles. The number of carbonyl (C=O) groups is 1. The molecule has 1 fully saturated rings. The lowest BCUT2D eigenvalue weighted by Gasteiger charge is -2.17. The van der Waals surface area contributed by atoms with Gasteiger partial charge in [0.1, 0.15) is 6.54 Å². The zero-order chi connectivity index (χ0) is 17.9. The van der Waals surface area contributed by atoms with Gasteiger partial charge in [-0.1, -0.05) is 18.2 Å². The Morgan fingerprint density at radius 2 is 2.08 bits per heavy atom. The van der Waals surface area contributed by atoms with Gasteiger partial charge in [0.25, 0.3) is 0 Å². The lowest BCUT2D eigenvalue weighted by Crippen LogP contribution is -2.32. The summed E-state index contributed by atoms with van der Waals surface area (Å²) in [5.74, 6) is 1.03. The third kappa shape index (κ3) is 3.54. The molecule has 3 heterocycles. The molecule has 0 bridgehead atoms. The maximum atomic E-state index is 12.7. The highest BCUT2D eigenvalue weighted by Crippen LogP contribution is 2.20. The van der Waals surface area contributed by atoms with Crippen LogP contribution in [0.15, 0.2) is 48.7 Å². The van der Waals surface area contributed by atoms with Gasteiger partial charge in [-0.25, -0.2) is 0 Å². The number of aryl methyl sites for hydroxylation is 1. The average Bonchev–Trinajstić information content (AvgIpc) is 3.29. The number of aromatic nitrogens is 3.